The van der Waals surface area contributed by atoms with Crippen molar-refractivity contribution in [2.24, 2.45) is 0 Å². The molecule has 3 aromatic rings. The van der Waals surface area contributed by atoms with Crippen molar-refractivity contribution in [2.45, 2.75) is 33.9 Å². The molecule has 0 bridgehead atoms. The summed E-state index contributed by atoms with van der Waals surface area (Å²) in [5.41, 5.74) is 3.63. The van der Waals surface area contributed by atoms with Crippen LogP contribution in [0.5, 0.6) is 0 Å². The van der Waals surface area contributed by atoms with Crippen molar-refractivity contribution in [2.75, 3.05) is 5.32 Å². The number of aromatic nitrogens is 4. The third kappa shape index (κ3) is 3.68. The van der Waals surface area contributed by atoms with Gasteiger partial charge in [-0.1, -0.05) is 29.8 Å². The molecule has 0 aliphatic rings. The molecule has 2 heterocycles. The molecular weight excluding hydrogens is 418 g/mol. The number of nitrogens with one attached hydrogen (secondary N) is 1. The van der Waals surface area contributed by atoms with Crippen molar-refractivity contribution in [1.82, 2.24) is 19.6 Å². The van der Waals surface area contributed by atoms with Crippen molar-refractivity contribution in [3.63, 3.8) is 0 Å². The summed E-state index contributed by atoms with van der Waals surface area (Å²) in [5.74, 6) is -0.271. The zero-order valence-corrected chi connectivity index (χ0v) is 17.1. The average molecular weight is 437 g/mol. The first-order valence-corrected chi connectivity index (χ1v) is 9.39. The fourth-order valence-electron chi connectivity index (χ4n) is 2.71. The molecule has 136 valence electrons. The van der Waals surface area contributed by atoms with E-state index in [0.29, 0.717) is 34.0 Å². The van der Waals surface area contributed by atoms with Crippen molar-refractivity contribution >= 4 is 39.1 Å². The lowest BCUT2D eigenvalue weighted by Gasteiger charge is -2.08. The maximum atomic E-state index is 12.6. The van der Waals surface area contributed by atoms with Gasteiger partial charge >= 0.3 is 0 Å². The second-order valence-electron chi connectivity index (χ2n) is 5.93. The summed E-state index contributed by atoms with van der Waals surface area (Å²) in [4.78, 5) is 12.6. The Balaban J connectivity index is 1.85. The van der Waals surface area contributed by atoms with Crippen LogP contribution in [0.4, 0.5) is 5.69 Å². The summed E-state index contributed by atoms with van der Waals surface area (Å²) >= 11 is 9.63. The molecule has 0 unspecified atom stereocenters. The molecule has 1 N–H and O–H groups in total. The van der Waals surface area contributed by atoms with Crippen LogP contribution in [0.2, 0.25) is 5.02 Å². The molecule has 0 saturated heterocycles. The Bertz CT molecular complexity index is 963. The Hall–Kier alpha value is -2.12. The van der Waals surface area contributed by atoms with Crippen LogP contribution in [-0.4, -0.2) is 25.5 Å². The molecule has 6 nitrogen and oxygen atoms in total. The van der Waals surface area contributed by atoms with Gasteiger partial charge in [0.15, 0.2) is 5.69 Å². The van der Waals surface area contributed by atoms with Gasteiger partial charge in [0.2, 0.25) is 0 Å². The van der Waals surface area contributed by atoms with E-state index < -0.39 is 0 Å². The number of carbonyl (C=O) groups is 1. The smallest absolute Gasteiger partial charge is 0.277 e. The fourth-order valence-corrected chi connectivity index (χ4v) is 3.40. The van der Waals surface area contributed by atoms with Gasteiger partial charge in [0, 0.05) is 17.8 Å². The number of halogens is 2. The van der Waals surface area contributed by atoms with E-state index in [1.54, 1.807) is 10.9 Å². The van der Waals surface area contributed by atoms with E-state index >= 15 is 0 Å². The monoisotopic (exact) mass is 435 g/mol. The van der Waals surface area contributed by atoms with E-state index in [0.717, 1.165) is 17.0 Å². The van der Waals surface area contributed by atoms with E-state index in [-0.39, 0.29) is 5.91 Å². The van der Waals surface area contributed by atoms with E-state index in [9.17, 15) is 4.79 Å². The summed E-state index contributed by atoms with van der Waals surface area (Å²) in [6.07, 6.45) is 1.79. The molecule has 0 saturated carbocycles. The van der Waals surface area contributed by atoms with Gasteiger partial charge < -0.3 is 5.32 Å². The Morgan fingerprint density at radius 2 is 2.00 bits per heavy atom. The summed E-state index contributed by atoms with van der Waals surface area (Å²) < 4.78 is 4.21. The number of hydrogen-bond acceptors (Lipinski definition) is 3. The van der Waals surface area contributed by atoms with Crippen molar-refractivity contribution < 1.29 is 4.79 Å². The van der Waals surface area contributed by atoms with Crippen LogP contribution in [0, 0.1) is 13.8 Å². The van der Waals surface area contributed by atoms with E-state index in [1.807, 2.05) is 49.7 Å². The van der Waals surface area contributed by atoms with Gasteiger partial charge in [-0.05, 0) is 48.3 Å². The molecule has 1 aromatic carbocycles. The molecule has 3 rings (SSSR count). The Labute approximate surface area is 165 Å². The highest BCUT2D eigenvalue weighted by molar-refractivity contribution is 9.10. The molecule has 26 heavy (non-hydrogen) atoms. The van der Waals surface area contributed by atoms with Gasteiger partial charge in [0.05, 0.1) is 28.1 Å². The fraction of sp³-hybridized carbons (Fsp3) is 0.278. The molecule has 0 radical (unpaired) electrons. The van der Waals surface area contributed by atoms with Gasteiger partial charge in [-0.25, -0.2) is 0 Å². The zero-order valence-electron chi connectivity index (χ0n) is 14.8. The highest BCUT2D eigenvalue weighted by Crippen LogP contribution is 2.24. The van der Waals surface area contributed by atoms with Gasteiger partial charge in [-0.3, -0.25) is 14.2 Å². The van der Waals surface area contributed by atoms with Crippen LogP contribution in [0.3, 0.4) is 0 Å². The van der Waals surface area contributed by atoms with Gasteiger partial charge in [-0.15, -0.1) is 0 Å². The number of aryl methyl sites for hydroxylation is 2. The number of amides is 1. The Kier molecular flexibility index (Phi) is 5.48. The van der Waals surface area contributed by atoms with Gasteiger partial charge in [-0.2, -0.15) is 10.2 Å². The number of rotatable bonds is 5. The number of hydrogen-bond donors (Lipinski definition) is 1. The molecular formula is C18H19BrClN5O. The zero-order chi connectivity index (χ0) is 18.8. The van der Waals surface area contributed by atoms with Crippen molar-refractivity contribution in [3.8, 4) is 0 Å². The van der Waals surface area contributed by atoms with E-state index in [4.69, 9.17) is 11.6 Å². The summed E-state index contributed by atoms with van der Waals surface area (Å²) in [5, 5.41) is 12.5. The predicted molar refractivity (Wildman–Crippen MR) is 106 cm³/mol. The number of nitrogens with zero attached hydrogens (tertiary/aromatic N) is 4. The lowest BCUT2D eigenvalue weighted by atomic mass is 10.2. The van der Waals surface area contributed by atoms with Crippen LogP contribution < -0.4 is 5.32 Å². The Morgan fingerprint density at radius 3 is 2.65 bits per heavy atom. The number of benzene rings is 1. The summed E-state index contributed by atoms with van der Waals surface area (Å²) in [7, 11) is 0. The lowest BCUT2D eigenvalue weighted by Crippen LogP contribution is -2.15. The SMILES string of the molecule is CCn1cc(Br)c(C(=O)Nc2c(C)nn(Cc3ccccc3Cl)c2C)n1. The van der Waals surface area contributed by atoms with E-state index in [2.05, 4.69) is 31.4 Å². The third-order valence-electron chi connectivity index (χ3n) is 4.15. The van der Waals surface area contributed by atoms with Crippen LogP contribution in [0.25, 0.3) is 0 Å². The van der Waals surface area contributed by atoms with Crippen molar-refractivity contribution in [3.05, 3.63) is 62.6 Å². The first-order chi connectivity index (χ1) is 12.4. The van der Waals surface area contributed by atoms with Crippen LogP contribution in [-0.2, 0) is 13.1 Å². The predicted octanol–water partition coefficient (Wildman–Crippen LogP) is 4.43. The minimum Gasteiger partial charge on any atom is -0.317 e. The quantitative estimate of drug-likeness (QED) is 0.643. The molecule has 0 spiro atoms. The van der Waals surface area contributed by atoms with Gasteiger partial charge in [0.1, 0.15) is 0 Å². The lowest BCUT2D eigenvalue weighted by molar-refractivity contribution is 0.102. The number of carbonyl (C=O) groups excluding carboxylic acids is 1. The first kappa shape index (κ1) is 18.7. The molecule has 2 aromatic heterocycles. The second kappa shape index (κ2) is 7.63. The third-order valence-corrected chi connectivity index (χ3v) is 5.10. The van der Waals surface area contributed by atoms with Gasteiger partial charge in [0.25, 0.3) is 5.91 Å². The largest absolute Gasteiger partial charge is 0.317 e. The van der Waals surface area contributed by atoms with Crippen molar-refractivity contribution in [1.29, 1.82) is 0 Å². The molecule has 0 aliphatic carbocycles. The standard InChI is InChI=1S/C18H19BrClN5O/c1-4-24-10-14(19)17(23-24)18(26)21-16-11(2)22-25(12(16)3)9-13-7-5-6-8-15(13)20/h5-8,10H,4,9H2,1-3H3,(H,21,26). The molecule has 1 amide bonds. The normalized spacial score (nSPS) is 11.0. The minimum atomic E-state index is -0.271. The number of anilines is 1. The second-order valence-corrected chi connectivity index (χ2v) is 7.19. The maximum absolute atomic E-state index is 12.6. The minimum absolute atomic E-state index is 0.271. The topological polar surface area (TPSA) is 64.7 Å². The van der Waals surface area contributed by atoms with Crippen LogP contribution in [0.15, 0.2) is 34.9 Å². The first-order valence-electron chi connectivity index (χ1n) is 8.22. The van der Waals surface area contributed by atoms with Crippen LogP contribution in [0.1, 0.15) is 34.4 Å². The average Bonchev–Trinajstić information content (AvgIpc) is 3.11. The van der Waals surface area contributed by atoms with E-state index in [1.165, 1.54) is 0 Å². The summed E-state index contributed by atoms with van der Waals surface area (Å²) in [6, 6.07) is 7.65. The molecule has 0 fully saturated rings. The highest BCUT2D eigenvalue weighted by atomic mass is 79.9. The van der Waals surface area contributed by atoms with Crippen LogP contribution >= 0.6 is 27.5 Å². The highest BCUT2D eigenvalue weighted by Gasteiger charge is 2.19. The summed E-state index contributed by atoms with van der Waals surface area (Å²) in [6.45, 7) is 6.99. The maximum Gasteiger partial charge on any atom is 0.277 e. The molecule has 0 atom stereocenters. The molecule has 8 heteroatoms. The Morgan fingerprint density at radius 1 is 1.27 bits per heavy atom. The molecule has 0 aliphatic heterocycles.